The van der Waals surface area contributed by atoms with Gasteiger partial charge in [0.05, 0.1) is 24.8 Å². The summed E-state index contributed by atoms with van der Waals surface area (Å²) >= 11 is 0. The molecule has 6 nitrogen and oxygen atoms in total. The smallest absolute Gasteiger partial charge is 0.339 e. The highest BCUT2D eigenvalue weighted by atomic mass is 16.5. The highest BCUT2D eigenvalue weighted by molar-refractivity contribution is 6.01. The molecule has 1 N–H and O–H groups in total. The molecule has 148 valence electrons. The summed E-state index contributed by atoms with van der Waals surface area (Å²) in [5, 5.41) is 0. The zero-order chi connectivity index (χ0) is 20.1. The van der Waals surface area contributed by atoms with Gasteiger partial charge in [-0.3, -0.25) is 9.59 Å². The number of H-pyrrole nitrogens is 1. The van der Waals surface area contributed by atoms with Crippen molar-refractivity contribution in [2.45, 2.75) is 60.0 Å². The van der Waals surface area contributed by atoms with Crippen LogP contribution in [0.3, 0.4) is 0 Å². The molecule has 0 amide bonds. The molecule has 27 heavy (non-hydrogen) atoms. The van der Waals surface area contributed by atoms with E-state index in [4.69, 9.17) is 9.47 Å². The molecule has 4 atom stereocenters. The van der Waals surface area contributed by atoms with Crippen molar-refractivity contribution in [1.29, 1.82) is 0 Å². The predicted octanol–water partition coefficient (Wildman–Crippen LogP) is 3.47. The van der Waals surface area contributed by atoms with Crippen molar-refractivity contribution in [2.75, 3.05) is 7.11 Å². The predicted molar refractivity (Wildman–Crippen MR) is 99.6 cm³/mol. The molecule has 2 bridgehead atoms. The first-order valence-electron chi connectivity index (χ1n) is 9.58. The zero-order valence-corrected chi connectivity index (χ0v) is 17.0. The van der Waals surface area contributed by atoms with Gasteiger partial charge in [-0.2, -0.15) is 0 Å². The van der Waals surface area contributed by atoms with E-state index in [9.17, 15) is 14.4 Å². The molecule has 0 aromatic carbocycles. The van der Waals surface area contributed by atoms with Crippen LogP contribution in [0.5, 0.6) is 0 Å². The van der Waals surface area contributed by atoms with E-state index < -0.39 is 5.97 Å². The quantitative estimate of drug-likeness (QED) is 0.629. The SMILES string of the molecule is COC(=O)c1c(CC(=O)OC2CC3CC(C2C)C3(C)C)[nH]c(C(C)=O)c1C. The Hall–Kier alpha value is -2.11. The van der Waals surface area contributed by atoms with Crippen molar-refractivity contribution in [2.24, 2.45) is 23.2 Å². The molecule has 3 aliphatic carbocycles. The number of methoxy groups -OCH3 is 1. The third-order valence-electron chi connectivity index (χ3n) is 6.96. The third-order valence-corrected chi connectivity index (χ3v) is 6.96. The van der Waals surface area contributed by atoms with Gasteiger partial charge in [-0.05, 0) is 48.5 Å². The highest BCUT2D eigenvalue weighted by Crippen LogP contribution is 2.61. The van der Waals surface area contributed by atoms with Gasteiger partial charge in [0.15, 0.2) is 5.78 Å². The Labute approximate surface area is 160 Å². The van der Waals surface area contributed by atoms with Crippen molar-refractivity contribution >= 4 is 17.7 Å². The Kier molecular flexibility index (Phi) is 4.95. The minimum absolute atomic E-state index is 0.0828. The highest BCUT2D eigenvalue weighted by Gasteiger charge is 2.57. The number of carbonyl (C=O) groups is 3. The molecule has 1 heterocycles. The second-order valence-electron chi connectivity index (χ2n) is 8.69. The molecule has 4 unspecified atom stereocenters. The normalized spacial score (nSPS) is 28.2. The summed E-state index contributed by atoms with van der Waals surface area (Å²) in [4.78, 5) is 39.4. The van der Waals surface area contributed by atoms with E-state index in [2.05, 4.69) is 25.8 Å². The molecule has 4 rings (SSSR count). The number of esters is 2. The number of carbonyl (C=O) groups excluding carboxylic acids is 3. The number of nitrogens with one attached hydrogen (secondary N) is 1. The van der Waals surface area contributed by atoms with Crippen LogP contribution in [-0.2, 0) is 20.7 Å². The number of rotatable bonds is 5. The van der Waals surface area contributed by atoms with Crippen molar-refractivity contribution < 1.29 is 23.9 Å². The maximum Gasteiger partial charge on any atom is 0.339 e. The standard InChI is InChI=1S/C21H29NO5/c1-10-14-7-13(21(14,4)5)8-16(10)27-17(24)9-15-18(20(25)26-6)11(2)19(22-15)12(3)23/h10,13-14,16,22H,7-9H2,1-6H3. The number of Topliss-reactive ketones (excluding diaryl/α,β-unsaturated/α-hetero) is 1. The van der Waals surface area contributed by atoms with Gasteiger partial charge in [0.25, 0.3) is 0 Å². The summed E-state index contributed by atoms with van der Waals surface area (Å²) in [6.45, 7) is 9.85. The van der Waals surface area contributed by atoms with Crippen molar-refractivity contribution in [3.05, 3.63) is 22.5 Å². The van der Waals surface area contributed by atoms with Gasteiger partial charge in [-0.25, -0.2) is 4.79 Å². The number of fused-ring (bicyclic) bond motifs is 2. The molecule has 1 aromatic heterocycles. The van der Waals surface area contributed by atoms with E-state index in [1.165, 1.54) is 20.5 Å². The van der Waals surface area contributed by atoms with Crippen molar-refractivity contribution in [3.8, 4) is 0 Å². The van der Waals surface area contributed by atoms with E-state index in [-0.39, 0.29) is 29.8 Å². The molecule has 1 aromatic rings. The minimum Gasteiger partial charge on any atom is -0.465 e. The fourth-order valence-electron chi connectivity index (χ4n) is 5.13. The van der Waals surface area contributed by atoms with Gasteiger partial charge in [-0.15, -0.1) is 0 Å². The lowest BCUT2D eigenvalue weighted by Gasteiger charge is -2.61. The largest absolute Gasteiger partial charge is 0.465 e. The lowest BCUT2D eigenvalue weighted by molar-refractivity contribution is -0.185. The van der Waals surface area contributed by atoms with Gasteiger partial charge in [0.2, 0.25) is 0 Å². The molecular formula is C21H29NO5. The molecule has 0 radical (unpaired) electrons. The summed E-state index contributed by atoms with van der Waals surface area (Å²) in [5.74, 6) is 0.365. The average molecular weight is 375 g/mol. The Balaban J connectivity index is 1.74. The van der Waals surface area contributed by atoms with Crippen LogP contribution in [0.4, 0.5) is 0 Å². The van der Waals surface area contributed by atoms with E-state index >= 15 is 0 Å². The molecule has 3 aliphatic rings. The van der Waals surface area contributed by atoms with Crippen LogP contribution in [0.2, 0.25) is 0 Å². The molecular weight excluding hydrogens is 346 g/mol. The van der Waals surface area contributed by atoms with Crippen LogP contribution in [0, 0.1) is 30.1 Å². The number of aromatic nitrogens is 1. The Bertz CT molecular complexity index is 791. The molecule has 0 aliphatic heterocycles. The average Bonchev–Trinajstić information content (AvgIpc) is 2.91. The van der Waals surface area contributed by atoms with Crippen LogP contribution in [0.25, 0.3) is 0 Å². The van der Waals surface area contributed by atoms with Gasteiger partial charge in [0, 0.05) is 12.6 Å². The lowest BCUT2D eigenvalue weighted by atomic mass is 9.45. The number of aromatic amines is 1. The third kappa shape index (κ3) is 3.19. The van der Waals surface area contributed by atoms with E-state index in [0.717, 1.165) is 6.42 Å². The first kappa shape index (κ1) is 19.6. The van der Waals surface area contributed by atoms with Gasteiger partial charge >= 0.3 is 11.9 Å². The Morgan fingerprint density at radius 1 is 1.22 bits per heavy atom. The Morgan fingerprint density at radius 3 is 2.41 bits per heavy atom. The summed E-state index contributed by atoms with van der Waals surface area (Å²) < 4.78 is 10.6. The number of hydrogen-bond donors (Lipinski definition) is 1. The van der Waals surface area contributed by atoms with Crippen molar-refractivity contribution in [3.63, 3.8) is 0 Å². The lowest BCUT2D eigenvalue weighted by Crippen LogP contribution is -2.57. The maximum absolute atomic E-state index is 12.6. The fourth-order valence-corrected chi connectivity index (χ4v) is 5.13. The summed E-state index contributed by atoms with van der Waals surface area (Å²) in [5.41, 5.74) is 1.79. The minimum atomic E-state index is -0.562. The molecule has 0 spiro atoms. The molecule has 3 fully saturated rings. The van der Waals surface area contributed by atoms with Gasteiger partial charge < -0.3 is 14.5 Å². The maximum atomic E-state index is 12.6. The molecule has 0 saturated heterocycles. The van der Waals surface area contributed by atoms with Crippen molar-refractivity contribution in [1.82, 2.24) is 4.98 Å². The first-order valence-corrected chi connectivity index (χ1v) is 9.58. The van der Waals surface area contributed by atoms with E-state index in [1.807, 2.05) is 0 Å². The Morgan fingerprint density at radius 2 is 1.89 bits per heavy atom. The van der Waals surface area contributed by atoms with Gasteiger partial charge in [0.1, 0.15) is 6.10 Å². The van der Waals surface area contributed by atoms with Crippen LogP contribution in [0.1, 0.15) is 72.6 Å². The number of hydrogen-bond acceptors (Lipinski definition) is 5. The van der Waals surface area contributed by atoms with Gasteiger partial charge in [-0.1, -0.05) is 20.8 Å². The van der Waals surface area contributed by atoms with Crippen LogP contribution in [-0.4, -0.2) is 35.9 Å². The first-order chi connectivity index (χ1) is 12.6. The van der Waals surface area contributed by atoms with Crippen LogP contribution < -0.4 is 0 Å². The van der Waals surface area contributed by atoms with Crippen LogP contribution in [0.15, 0.2) is 0 Å². The topological polar surface area (TPSA) is 85.5 Å². The fraction of sp³-hybridized carbons (Fsp3) is 0.667. The summed E-state index contributed by atoms with van der Waals surface area (Å²) in [7, 11) is 1.28. The van der Waals surface area contributed by atoms with Crippen LogP contribution >= 0.6 is 0 Å². The summed E-state index contributed by atoms with van der Waals surface area (Å²) in [6, 6.07) is 0. The monoisotopic (exact) mass is 375 g/mol. The second kappa shape index (κ2) is 6.80. The molecule has 6 heteroatoms. The van der Waals surface area contributed by atoms with E-state index in [0.29, 0.717) is 40.1 Å². The van der Waals surface area contributed by atoms with E-state index in [1.54, 1.807) is 6.92 Å². The summed E-state index contributed by atoms with van der Waals surface area (Å²) in [6.07, 6.45) is 1.94. The second-order valence-corrected chi connectivity index (χ2v) is 8.69. The molecule has 3 saturated carbocycles. The zero-order valence-electron chi connectivity index (χ0n) is 17.0. The number of ether oxygens (including phenoxy) is 2. The number of ketones is 1.